The van der Waals surface area contributed by atoms with E-state index in [2.05, 4.69) is 0 Å². The second-order valence-electron chi connectivity index (χ2n) is 4.62. The molecule has 5 heteroatoms. The predicted octanol–water partition coefficient (Wildman–Crippen LogP) is 1.31. The lowest BCUT2D eigenvalue weighted by Crippen LogP contribution is -2.31. The maximum Gasteiger partial charge on any atom is 0.235 e. The van der Waals surface area contributed by atoms with Crippen LogP contribution in [0, 0.1) is 6.92 Å². The molecule has 2 N–H and O–H groups in total. The van der Waals surface area contributed by atoms with E-state index in [4.69, 9.17) is 5.73 Å². The molecule has 0 bridgehead atoms. The fourth-order valence-corrected chi connectivity index (χ4v) is 3.30. The van der Waals surface area contributed by atoms with E-state index in [1.54, 1.807) is 17.0 Å². The van der Waals surface area contributed by atoms with Crippen LogP contribution in [0.2, 0.25) is 0 Å². The summed E-state index contributed by atoms with van der Waals surface area (Å²) >= 11 is 0. The molecule has 1 fully saturated rings. The van der Waals surface area contributed by atoms with Gasteiger partial charge >= 0.3 is 0 Å². The van der Waals surface area contributed by atoms with Gasteiger partial charge in [-0.3, -0.25) is 9.00 Å². The number of likely N-dealkylation sites (tertiary alicyclic amines) is 1. The van der Waals surface area contributed by atoms with Crippen molar-refractivity contribution >= 4 is 22.4 Å². The second kappa shape index (κ2) is 5.52. The minimum atomic E-state index is -1.35. The lowest BCUT2D eigenvalue weighted by molar-refractivity contribution is -0.127. The highest BCUT2D eigenvalue weighted by atomic mass is 32.2. The van der Waals surface area contributed by atoms with Crippen molar-refractivity contribution in [2.75, 3.05) is 24.6 Å². The summed E-state index contributed by atoms with van der Waals surface area (Å²) in [7, 11) is -1.35. The summed E-state index contributed by atoms with van der Waals surface area (Å²) in [6.07, 6.45) is 2.09. The summed E-state index contributed by atoms with van der Waals surface area (Å²) < 4.78 is 12.2. The number of carbonyl (C=O) groups excluding carboxylic acids is 1. The third kappa shape index (κ3) is 2.90. The van der Waals surface area contributed by atoms with Crippen LogP contribution in [-0.4, -0.2) is 33.9 Å². The summed E-state index contributed by atoms with van der Waals surface area (Å²) in [6.45, 7) is 3.50. The number of anilines is 1. The molecular weight excluding hydrogens is 248 g/mol. The molecule has 0 spiro atoms. The molecule has 1 aromatic carbocycles. The van der Waals surface area contributed by atoms with E-state index in [1.165, 1.54) is 0 Å². The summed E-state index contributed by atoms with van der Waals surface area (Å²) in [6, 6.07) is 5.41. The summed E-state index contributed by atoms with van der Waals surface area (Å²) in [5.41, 5.74) is 7.30. The van der Waals surface area contributed by atoms with E-state index in [-0.39, 0.29) is 11.7 Å². The number of nitrogen functional groups attached to an aromatic ring is 1. The van der Waals surface area contributed by atoms with Gasteiger partial charge in [0.1, 0.15) is 5.75 Å². The number of rotatable bonds is 3. The fourth-order valence-electron chi connectivity index (χ4n) is 2.09. The van der Waals surface area contributed by atoms with Crippen molar-refractivity contribution in [1.29, 1.82) is 0 Å². The molecule has 0 aromatic heterocycles. The zero-order valence-electron chi connectivity index (χ0n) is 10.5. The molecular formula is C13H18N2O2S. The normalized spacial score (nSPS) is 16.8. The van der Waals surface area contributed by atoms with E-state index >= 15 is 0 Å². The third-order valence-electron chi connectivity index (χ3n) is 3.13. The molecule has 1 aromatic rings. The van der Waals surface area contributed by atoms with Crippen molar-refractivity contribution < 1.29 is 9.00 Å². The molecule has 1 heterocycles. The SMILES string of the molecule is Cc1ccc(N)c(S(=O)CC(=O)N2CCCC2)c1. The number of hydrogen-bond donors (Lipinski definition) is 1. The number of nitrogens with two attached hydrogens (primary N) is 1. The van der Waals surface area contributed by atoms with E-state index in [0.29, 0.717) is 10.6 Å². The zero-order valence-corrected chi connectivity index (χ0v) is 11.3. The Kier molecular flexibility index (Phi) is 4.01. The Morgan fingerprint density at radius 2 is 2.06 bits per heavy atom. The van der Waals surface area contributed by atoms with Gasteiger partial charge in [-0.25, -0.2) is 0 Å². The Bertz CT molecular complexity index is 482. The maximum absolute atomic E-state index is 12.2. The molecule has 4 nitrogen and oxygen atoms in total. The molecule has 98 valence electrons. The van der Waals surface area contributed by atoms with E-state index in [0.717, 1.165) is 31.5 Å². The lowest BCUT2D eigenvalue weighted by Gasteiger charge is -2.15. The Morgan fingerprint density at radius 3 is 2.72 bits per heavy atom. The van der Waals surface area contributed by atoms with Gasteiger partial charge in [0.25, 0.3) is 0 Å². The minimum absolute atomic E-state index is 0.0354. The van der Waals surface area contributed by atoms with Crippen LogP contribution in [0.15, 0.2) is 23.1 Å². The molecule has 1 atom stereocenters. The average Bonchev–Trinajstić information content (AvgIpc) is 2.85. The van der Waals surface area contributed by atoms with Gasteiger partial charge in [-0.15, -0.1) is 0 Å². The van der Waals surface area contributed by atoms with Gasteiger partial charge in [-0.2, -0.15) is 0 Å². The van der Waals surface area contributed by atoms with Gasteiger partial charge in [0.15, 0.2) is 0 Å². The Balaban J connectivity index is 2.07. The summed E-state index contributed by atoms with van der Waals surface area (Å²) in [4.78, 5) is 14.3. The van der Waals surface area contributed by atoms with Gasteiger partial charge < -0.3 is 10.6 Å². The zero-order chi connectivity index (χ0) is 13.1. The quantitative estimate of drug-likeness (QED) is 0.839. The molecule has 18 heavy (non-hydrogen) atoms. The molecule has 1 saturated heterocycles. The molecule has 1 aliphatic heterocycles. The Labute approximate surface area is 110 Å². The Hall–Kier alpha value is -1.36. The van der Waals surface area contributed by atoms with Crippen LogP contribution >= 0.6 is 0 Å². The number of amides is 1. The molecule has 1 aliphatic rings. The fraction of sp³-hybridized carbons (Fsp3) is 0.462. The molecule has 2 rings (SSSR count). The first-order chi connectivity index (χ1) is 8.58. The van der Waals surface area contributed by atoms with Gasteiger partial charge in [0.05, 0.1) is 15.7 Å². The van der Waals surface area contributed by atoms with Crippen LogP contribution in [0.1, 0.15) is 18.4 Å². The van der Waals surface area contributed by atoms with Crippen molar-refractivity contribution in [2.45, 2.75) is 24.7 Å². The molecule has 1 unspecified atom stereocenters. The molecule has 1 amide bonds. The van der Waals surface area contributed by atoms with Crippen molar-refractivity contribution in [1.82, 2.24) is 4.90 Å². The predicted molar refractivity (Wildman–Crippen MR) is 72.7 cm³/mol. The molecule has 0 radical (unpaired) electrons. The first kappa shape index (κ1) is 13.1. The molecule has 0 aliphatic carbocycles. The van der Waals surface area contributed by atoms with E-state index in [1.807, 2.05) is 13.0 Å². The van der Waals surface area contributed by atoms with Crippen molar-refractivity contribution in [2.24, 2.45) is 0 Å². The van der Waals surface area contributed by atoms with Crippen LogP contribution in [0.5, 0.6) is 0 Å². The van der Waals surface area contributed by atoms with Gasteiger partial charge in [0.2, 0.25) is 5.91 Å². The maximum atomic E-state index is 12.2. The third-order valence-corrected chi connectivity index (χ3v) is 4.48. The molecule has 0 saturated carbocycles. The van der Waals surface area contributed by atoms with E-state index in [9.17, 15) is 9.00 Å². The van der Waals surface area contributed by atoms with Crippen LogP contribution < -0.4 is 5.73 Å². The van der Waals surface area contributed by atoms with Crippen molar-refractivity contribution in [3.05, 3.63) is 23.8 Å². The second-order valence-corrected chi connectivity index (χ2v) is 6.04. The highest BCUT2D eigenvalue weighted by Crippen LogP contribution is 2.19. The average molecular weight is 266 g/mol. The first-order valence-electron chi connectivity index (χ1n) is 6.10. The van der Waals surface area contributed by atoms with Crippen LogP contribution in [0.4, 0.5) is 5.69 Å². The first-order valence-corrected chi connectivity index (χ1v) is 7.42. The summed E-state index contributed by atoms with van der Waals surface area (Å²) in [5, 5.41) is 0. The number of nitrogens with zero attached hydrogens (tertiary/aromatic N) is 1. The number of hydrogen-bond acceptors (Lipinski definition) is 3. The topological polar surface area (TPSA) is 63.4 Å². The standard InChI is InChI=1S/C13H18N2O2S/c1-10-4-5-11(14)12(8-10)18(17)9-13(16)15-6-2-3-7-15/h4-5,8H,2-3,6-7,9,14H2,1H3. The van der Waals surface area contributed by atoms with Crippen LogP contribution in [-0.2, 0) is 15.6 Å². The van der Waals surface area contributed by atoms with Crippen molar-refractivity contribution in [3.8, 4) is 0 Å². The lowest BCUT2D eigenvalue weighted by atomic mass is 10.2. The van der Waals surface area contributed by atoms with Crippen LogP contribution in [0.3, 0.4) is 0 Å². The van der Waals surface area contributed by atoms with Crippen LogP contribution in [0.25, 0.3) is 0 Å². The van der Waals surface area contributed by atoms with Gasteiger partial charge in [-0.1, -0.05) is 6.07 Å². The Morgan fingerprint density at radius 1 is 1.39 bits per heavy atom. The smallest absolute Gasteiger partial charge is 0.235 e. The van der Waals surface area contributed by atoms with Gasteiger partial charge in [-0.05, 0) is 37.5 Å². The largest absolute Gasteiger partial charge is 0.398 e. The highest BCUT2D eigenvalue weighted by molar-refractivity contribution is 7.86. The monoisotopic (exact) mass is 266 g/mol. The van der Waals surface area contributed by atoms with E-state index < -0.39 is 10.8 Å². The number of benzene rings is 1. The summed E-state index contributed by atoms with van der Waals surface area (Å²) in [5.74, 6) is -0.0000561. The highest BCUT2D eigenvalue weighted by Gasteiger charge is 2.21. The van der Waals surface area contributed by atoms with Crippen molar-refractivity contribution in [3.63, 3.8) is 0 Å². The van der Waals surface area contributed by atoms with Gasteiger partial charge in [0, 0.05) is 18.8 Å². The number of aryl methyl sites for hydroxylation is 1. The minimum Gasteiger partial charge on any atom is -0.398 e. The number of carbonyl (C=O) groups is 1.